The second kappa shape index (κ2) is 10.2. The molecule has 2 heterocycles. The van der Waals surface area contributed by atoms with Gasteiger partial charge in [-0.3, -0.25) is 4.98 Å². The number of pyridine rings is 1. The van der Waals surface area contributed by atoms with Crippen molar-refractivity contribution in [1.29, 1.82) is 5.26 Å². The van der Waals surface area contributed by atoms with Gasteiger partial charge in [-0.15, -0.1) is 0 Å². The minimum absolute atomic E-state index is 0.0620. The third-order valence-electron chi connectivity index (χ3n) is 4.74. The van der Waals surface area contributed by atoms with E-state index in [1.54, 1.807) is 18.2 Å². The molecular formula is C22H15Cl2FN6O2S. The van der Waals surface area contributed by atoms with Crippen molar-refractivity contribution < 1.29 is 12.8 Å². The Labute approximate surface area is 205 Å². The molecule has 2 aromatic carbocycles. The molecule has 0 aliphatic heterocycles. The van der Waals surface area contributed by atoms with E-state index in [0.717, 1.165) is 0 Å². The summed E-state index contributed by atoms with van der Waals surface area (Å²) in [4.78, 5) is 12.5. The van der Waals surface area contributed by atoms with Gasteiger partial charge in [0.15, 0.2) is 0 Å². The van der Waals surface area contributed by atoms with Gasteiger partial charge < -0.3 is 10.6 Å². The fourth-order valence-corrected chi connectivity index (χ4v) is 4.06. The molecule has 8 nitrogen and oxygen atoms in total. The summed E-state index contributed by atoms with van der Waals surface area (Å²) in [6.45, 7) is 0.273. The van der Waals surface area contributed by atoms with Gasteiger partial charge >= 0.3 is 0 Å². The Morgan fingerprint density at radius 1 is 1.06 bits per heavy atom. The molecule has 2 aromatic heterocycles. The number of hydrogen-bond donors (Lipinski definition) is 3. The van der Waals surface area contributed by atoms with Gasteiger partial charge in [-0.05, 0) is 36.4 Å². The normalized spacial score (nSPS) is 10.9. The van der Waals surface area contributed by atoms with Crippen LogP contribution in [0.2, 0.25) is 10.0 Å². The summed E-state index contributed by atoms with van der Waals surface area (Å²) in [6, 6.07) is 11.3. The Bertz CT molecular complexity index is 1520. The standard InChI is InChI=1S/C22H15Cl2FN6O2S/c23-17-6-13(1-2-19(17)25)31-21-12(8-26)9-29-22-16(21)5-15(7-18(22)24)28-10-14-3-4-27-20(30-14)11-34(32)33/h1-7,9,28,34H,10-11H2,(H,29,31). The predicted octanol–water partition coefficient (Wildman–Crippen LogP) is 4.81. The van der Waals surface area contributed by atoms with Crippen molar-refractivity contribution in [2.75, 3.05) is 10.6 Å². The van der Waals surface area contributed by atoms with Crippen LogP contribution in [-0.4, -0.2) is 23.4 Å². The highest BCUT2D eigenvalue weighted by molar-refractivity contribution is 7.71. The zero-order chi connectivity index (χ0) is 24.2. The van der Waals surface area contributed by atoms with Gasteiger partial charge in [-0.1, -0.05) is 23.2 Å². The number of fused-ring (bicyclic) bond motifs is 1. The molecule has 34 heavy (non-hydrogen) atoms. The summed E-state index contributed by atoms with van der Waals surface area (Å²) in [5.74, 6) is -0.591. The van der Waals surface area contributed by atoms with Crippen LogP contribution >= 0.6 is 23.2 Å². The van der Waals surface area contributed by atoms with Crippen molar-refractivity contribution >= 4 is 61.9 Å². The molecule has 4 rings (SSSR count). The Balaban J connectivity index is 1.69. The monoisotopic (exact) mass is 516 g/mol. The van der Waals surface area contributed by atoms with Gasteiger partial charge in [-0.2, -0.15) is 5.26 Å². The van der Waals surface area contributed by atoms with Crippen molar-refractivity contribution in [2.24, 2.45) is 0 Å². The molecule has 0 aliphatic carbocycles. The highest BCUT2D eigenvalue weighted by Crippen LogP contribution is 2.35. The number of nitrogens with zero attached hydrogens (tertiary/aromatic N) is 4. The highest BCUT2D eigenvalue weighted by atomic mass is 35.5. The quantitative estimate of drug-likeness (QED) is 0.299. The SMILES string of the molecule is N#Cc1cnc2c(Cl)cc(NCc3ccnc(C[SH](=O)=O)n3)cc2c1Nc1ccc(F)c(Cl)c1. The van der Waals surface area contributed by atoms with Crippen LogP contribution in [0.3, 0.4) is 0 Å². The molecule has 4 aromatic rings. The summed E-state index contributed by atoms with van der Waals surface area (Å²) in [6.07, 6.45) is 2.89. The molecule has 172 valence electrons. The maximum Gasteiger partial charge on any atom is 0.147 e. The van der Waals surface area contributed by atoms with E-state index in [1.807, 2.05) is 0 Å². The third-order valence-corrected chi connectivity index (χ3v) is 5.86. The first kappa shape index (κ1) is 23.6. The molecule has 0 radical (unpaired) electrons. The molecule has 0 saturated carbocycles. The Hall–Kier alpha value is -3.52. The molecule has 0 unspecified atom stereocenters. The average molecular weight is 517 g/mol. The lowest BCUT2D eigenvalue weighted by molar-refractivity contribution is 0.612. The van der Waals surface area contributed by atoms with Crippen molar-refractivity contribution in [1.82, 2.24) is 15.0 Å². The molecule has 12 heteroatoms. The first-order chi connectivity index (χ1) is 16.3. The lowest BCUT2D eigenvalue weighted by Gasteiger charge is -2.15. The molecule has 0 fully saturated rings. The number of anilines is 3. The largest absolute Gasteiger partial charge is 0.379 e. The van der Waals surface area contributed by atoms with E-state index in [9.17, 15) is 18.1 Å². The fraction of sp³-hybridized carbons (Fsp3) is 0.0909. The van der Waals surface area contributed by atoms with E-state index in [-0.39, 0.29) is 28.7 Å². The van der Waals surface area contributed by atoms with Crippen LogP contribution in [0.15, 0.2) is 48.8 Å². The molecule has 0 bridgehead atoms. The van der Waals surface area contributed by atoms with Crippen molar-refractivity contribution in [2.45, 2.75) is 12.3 Å². The lowest BCUT2D eigenvalue weighted by atomic mass is 10.1. The summed E-state index contributed by atoms with van der Waals surface area (Å²) in [5, 5.41) is 16.7. The Kier molecular flexibility index (Phi) is 7.07. The number of nitrogens with one attached hydrogen (secondary N) is 2. The van der Waals surface area contributed by atoms with Crippen LogP contribution in [0.4, 0.5) is 21.5 Å². The maximum absolute atomic E-state index is 13.6. The number of benzene rings is 2. The first-order valence-corrected chi connectivity index (χ1v) is 11.9. The van der Waals surface area contributed by atoms with E-state index in [4.69, 9.17) is 23.2 Å². The molecule has 0 atom stereocenters. The molecule has 0 saturated heterocycles. The molecular weight excluding hydrogens is 502 g/mol. The second-order valence-corrected chi connectivity index (χ2v) is 8.87. The molecule has 0 spiro atoms. The zero-order valence-corrected chi connectivity index (χ0v) is 19.6. The maximum atomic E-state index is 13.6. The minimum atomic E-state index is -2.63. The Morgan fingerprint density at radius 3 is 2.59 bits per heavy atom. The van der Waals surface area contributed by atoms with E-state index >= 15 is 0 Å². The number of thiol groups is 1. The van der Waals surface area contributed by atoms with E-state index in [0.29, 0.717) is 38.7 Å². The van der Waals surface area contributed by atoms with Crippen molar-refractivity contribution in [3.05, 3.63) is 81.7 Å². The van der Waals surface area contributed by atoms with Gasteiger partial charge in [0, 0.05) is 29.2 Å². The van der Waals surface area contributed by atoms with Gasteiger partial charge in [0.25, 0.3) is 0 Å². The molecule has 2 N–H and O–H groups in total. The van der Waals surface area contributed by atoms with Gasteiger partial charge in [-0.25, -0.2) is 22.8 Å². The zero-order valence-electron chi connectivity index (χ0n) is 17.2. The van der Waals surface area contributed by atoms with E-state index in [2.05, 4.69) is 31.7 Å². The second-order valence-electron chi connectivity index (χ2n) is 7.08. The fourth-order valence-electron chi connectivity index (χ4n) is 3.22. The number of hydrogen-bond acceptors (Lipinski definition) is 8. The third kappa shape index (κ3) is 5.34. The van der Waals surface area contributed by atoms with Crippen molar-refractivity contribution in [3.8, 4) is 6.07 Å². The van der Waals surface area contributed by atoms with Gasteiger partial charge in [0.05, 0.1) is 39.1 Å². The summed E-state index contributed by atoms with van der Waals surface area (Å²) >= 11 is 12.4. The first-order valence-electron chi connectivity index (χ1n) is 9.75. The summed E-state index contributed by atoms with van der Waals surface area (Å²) in [5.41, 5.74) is 2.84. The number of aromatic nitrogens is 3. The van der Waals surface area contributed by atoms with Gasteiger partial charge in [0.2, 0.25) is 0 Å². The average Bonchev–Trinajstić information content (AvgIpc) is 2.80. The minimum Gasteiger partial charge on any atom is -0.379 e. The van der Waals surface area contributed by atoms with Crippen LogP contribution in [0, 0.1) is 17.1 Å². The predicted molar refractivity (Wildman–Crippen MR) is 130 cm³/mol. The van der Waals surface area contributed by atoms with Crippen LogP contribution < -0.4 is 10.6 Å². The van der Waals surface area contributed by atoms with Crippen LogP contribution in [0.25, 0.3) is 10.9 Å². The summed E-state index contributed by atoms with van der Waals surface area (Å²) < 4.78 is 35.4. The topological polar surface area (TPSA) is 121 Å². The summed E-state index contributed by atoms with van der Waals surface area (Å²) in [7, 11) is -2.63. The van der Waals surface area contributed by atoms with Crippen LogP contribution in [0.5, 0.6) is 0 Å². The number of nitriles is 1. The van der Waals surface area contributed by atoms with Gasteiger partial charge in [0.1, 0.15) is 34.2 Å². The van der Waals surface area contributed by atoms with E-state index in [1.165, 1.54) is 30.6 Å². The number of rotatable bonds is 7. The molecule has 0 amide bonds. The van der Waals surface area contributed by atoms with Crippen molar-refractivity contribution in [3.63, 3.8) is 0 Å². The van der Waals surface area contributed by atoms with E-state index < -0.39 is 16.5 Å². The Morgan fingerprint density at radius 2 is 1.85 bits per heavy atom. The lowest BCUT2D eigenvalue weighted by Crippen LogP contribution is -2.06. The smallest absolute Gasteiger partial charge is 0.147 e. The highest BCUT2D eigenvalue weighted by Gasteiger charge is 2.14. The van der Waals surface area contributed by atoms with Crippen LogP contribution in [0.1, 0.15) is 17.1 Å². The number of halogens is 3. The van der Waals surface area contributed by atoms with Crippen LogP contribution in [-0.2, 0) is 23.0 Å². The molecule has 0 aliphatic rings.